The van der Waals surface area contributed by atoms with Crippen LogP contribution in [0.5, 0.6) is 0 Å². The molecule has 1 saturated carbocycles. The van der Waals surface area contributed by atoms with Gasteiger partial charge in [-0.05, 0) is 68.6 Å². The maximum absolute atomic E-state index is 11.6. The van der Waals surface area contributed by atoms with Crippen LogP contribution < -0.4 is 0 Å². The van der Waals surface area contributed by atoms with Crippen LogP contribution >= 0.6 is 0 Å². The standard InChI is InChI=1S/C32H42O5/c1-23(2)37-32(36)13-9-4-3-8-12-28-29(31(35)22-30(28)34)21-20-27(33)19-16-24-14-17-26(18-15-24)25-10-6-5-7-11-25/h3,5-8,10-11,14-15,17-18,20-21,23,27-31,33-35H,4,9,12-13,16,19,22H2,1-2H3/b8-3-,21-20+/t27-,28+,29+,30-,31+/m0/s1. The number of ether oxygens (including phenoxy) is 1. The Labute approximate surface area is 221 Å². The summed E-state index contributed by atoms with van der Waals surface area (Å²) in [6.07, 6.45) is 10.0. The van der Waals surface area contributed by atoms with Crippen LogP contribution in [0.2, 0.25) is 0 Å². The Hall–Kier alpha value is -2.73. The van der Waals surface area contributed by atoms with Crippen molar-refractivity contribution >= 4 is 5.97 Å². The number of benzene rings is 2. The highest BCUT2D eigenvalue weighted by Gasteiger charge is 2.39. The lowest BCUT2D eigenvalue weighted by Crippen LogP contribution is -2.20. The van der Waals surface area contributed by atoms with E-state index in [1.165, 1.54) is 16.7 Å². The van der Waals surface area contributed by atoms with Crippen molar-refractivity contribution in [3.05, 3.63) is 84.5 Å². The van der Waals surface area contributed by atoms with Crippen molar-refractivity contribution in [3.8, 4) is 11.1 Å². The third-order valence-corrected chi connectivity index (χ3v) is 6.95. The van der Waals surface area contributed by atoms with E-state index in [9.17, 15) is 20.1 Å². The van der Waals surface area contributed by atoms with Gasteiger partial charge in [-0.1, -0.05) is 78.9 Å². The van der Waals surface area contributed by atoms with Crippen molar-refractivity contribution in [2.45, 2.75) is 83.2 Å². The topological polar surface area (TPSA) is 87.0 Å². The molecule has 37 heavy (non-hydrogen) atoms. The minimum atomic E-state index is -0.617. The Morgan fingerprint density at radius 3 is 2.41 bits per heavy atom. The molecular weight excluding hydrogens is 464 g/mol. The summed E-state index contributed by atoms with van der Waals surface area (Å²) in [6, 6.07) is 18.7. The van der Waals surface area contributed by atoms with Crippen molar-refractivity contribution in [3.63, 3.8) is 0 Å². The summed E-state index contributed by atoms with van der Waals surface area (Å²) in [7, 11) is 0. The molecule has 3 N–H and O–H groups in total. The minimum absolute atomic E-state index is 0.0895. The van der Waals surface area contributed by atoms with Crippen LogP contribution in [0.1, 0.15) is 57.9 Å². The molecule has 0 heterocycles. The summed E-state index contributed by atoms with van der Waals surface area (Å²) in [5.41, 5.74) is 3.53. The van der Waals surface area contributed by atoms with Gasteiger partial charge in [-0.15, -0.1) is 0 Å². The summed E-state index contributed by atoms with van der Waals surface area (Å²) in [5, 5.41) is 31.5. The third kappa shape index (κ3) is 9.58. The summed E-state index contributed by atoms with van der Waals surface area (Å²) >= 11 is 0. The van der Waals surface area contributed by atoms with E-state index in [4.69, 9.17) is 4.74 Å². The summed E-state index contributed by atoms with van der Waals surface area (Å²) in [5.74, 6) is -0.461. The predicted molar refractivity (Wildman–Crippen MR) is 148 cm³/mol. The molecule has 3 rings (SSSR count). The lowest BCUT2D eigenvalue weighted by atomic mass is 9.89. The molecule has 2 aromatic rings. The molecular formula is C32H42O5. The second-order valence-corrected chi connectivity index (χ2v) is 10.3. The van der Waals surface area contributed by atoms with Crippen LogP contribution in [0.3, 0.4) is 0 Å². The van der Waals surface area contributed by atoms with Gasteiger partial charge in [0.25, 0.3) is 0 Å². The Morgan fingerprint density at radius 1 is 1.00 bits per heavy atom. The molecule has 0 amide bonds. The molecule has 1 aliphatic rings. The normalized spacial score (nSPS) is 22.8. The maximum Gasteiger partial charge on any atom is 0.306 e. The molecule has 0 saturated heterocycles. The molecule has 200 valence electrons. The van der Waals surface area contributed by atoms with E-state index >= 15 is 0 Å². The second kappa shape index (κ2) is 14.9. The fraction of sp³-hybridized carbons (Fsp3) is 0.469. The highest BCUT2D eigenvalue weighted by atomic mass is 16.5. The van der Waals surface area contributed by atoms with Crippen LogP contribution in [0.15, 0.2) is 78.9 Å². The number of unbranched alkanes of at least 4 members (excludes halogenated alkanes) is 1. The fourth-order valence-electron chi connectivity index (χ4n) is 4.93. The van der Waals surface area contributed by atoms with Gasteiger partial charge in [-0.3, -0.25) is 4.79 Å². The largest absolute Gasteiger partial charge is 0.463 e. The Kier molecular flexibility index (Phi) is 11.6. The summed E-state index contributed by atoms with van der Waals surface area (Å²) < 4.78 is 5.14. The SMILES string of the molecule is CC(C)OC(=O)CCC/C=C\C[C@@H]1[C@@H](/C=C/[C@@H](O)CCc2ccc(-c3ccccc3)cc2)[C@H](O)C[C@@H]1O. The lowest BCUT2D eigenvalue weighted by molar-refractivity contribution is -0.147. The predicted octanol–water partition coefficient (Wildman–Crippen LogP) is 5.63. The minimum Gasteiger partial charge on any atom is -0.463 e. The number of rotatable bonds is 13. The van der Waals surface area contributed by atoms with Crippen LogP contribution in [-0.4, -0.2) is 45.7 Å². The zero-order chi connectivity index (χ0) is 26.6. The van der Waals surface area contributed by atoms with E-state index in [2.05, 4.69) is 36.4 Å². The number of aliphatic hydroxyl groups excluding tert-OH is 3. The molecule has 1 fully saturated rings. The molecule has 1 aliphatic carbocycles. The number of esters is 1. The highest BCUT2D eigenvalue weighted by molar-refractivity contribution is 5.69. The van der Waals surface area contributed by atoms with Crippen LogP contribution in [0, 0.1) is 11.8 Å². The number of aryl methyl sites for hydroxylation is 1. The van der Waals surface area contributed by atoms with Crippen LogP contribution in [0.25, 0.3) is 11.1 Å². The van der Waals surface area contributed by atoms with E-state index in [1.807, 2.05) is 50.3 Å². The maximum atomic E-state index is 11.6. The van der Waals surface area contributed by atoms with Gasteiger partial charge in [0.15, 0.2) is 0 Å². The number of hydrogen-bond donors (Lipinski definition) is 3. The zero-order valence-corrected chi connectivity index (χ0v) is 22.1. The first-order valence-electron chi connectivity index (χ1n) is 13.5. The molecule has 2 aromatic carbocycles. The molecule has 0 radical (unpaired) electrons. The van der Waals surface area contributed by atoms with E-state index < -0.39 is 18.3 Å². The number of carbonyl (C=O) groups excluding carboxylic acids is 1. The average molecular weight is 507 g/mol. The van der Waals surface area contributed by atoms with Gasteiger partial charge in [0.1, 0.15) is 0 Å². The van der Waals surface area contributed by atoms with Gasteiger partial charge >= 0.3 is 5.97 Å². The van der Waals surface area contributed by atoms with Gasteiger partial charge in [-0.2, -0.15) is 0 Å². The molecule has 0 spiro atoms. The van der Waals surface area contributed by atoms with Gasteiger partial charge in [-0.25, -0.2) is 0 Å². The summed E-state index contributed by atoms with van der Waals surface area (Å²) in [6.45, 7) is 3.68. The average Bonchev–Trinajstić information content (AvgIpc) is 3.15. The van der Waals surface area contributed by atoms with Crippen molar-refractivity contribution in [1.82, 2.24) is 0 Å². The molecule has 5 heteroatoms. The molecule has 0 aliphatic heterocycles. The van der Waals surface area contributed by atoms with E-state index in [1.54, 1.807) is 6.08 Å². The Balaban J connectivity index is 1.43. The monoisotopic (exact) mass is 506 g/mol. The smallest absolute Gasteiger partial charge is 0.306 e. The van der Waals surface area contributed by atoms with Crippen molar-refractivity contribution < 1.29 is 24.9 Å². The Bertz CT molecular complexity index is 996. The molecule has 0 aromatic heterocycles. The Morgan fingerprint density at radius 2 is 1.70 bits per heavy atom. The van der Waals surface area contributed by atoms with Gasteiger partial charge in [0.05, 0.1) is 24.4 Å². The number of carbonyl (C=O) groups is 1. The molecule has 5 nitrogen and oxygen atoms in total. The van der Waals surface area contributed by atoms with E-state index in [0.29, 0.717) is 25.7 Å². The lowest BCUT2D eigenvalue weighted by Gasteiger charge is -2.19. The van der Waals surface area contributed by atoms with Gasteiger partial charge < -0.3 is 20.1 Å². The number of allylic oxidation sites excluding steroid dienone is 2. The first-order chi connectivity index (χ1) is 17.8. The zero-order valence-electron chi connectivity index (χ0n) is 22.1. The highest BCUT2D eigenvalue weighted by Crippen LogP contribution is 2.36. The van der Waals surface area contributed by atoms with Gasteiger partial charge in [0.2, 0.25) is 0 Å². The first-order valence-corrected chi connectivity index (χ1v) is 13.5. The number of hydrogen-bond acceptors (Lipinski definition) is 5. The van der Waals surface area contributed by atoms with Crippen LogP contribution in [-0.2, 0) is 16.0 Å². The molecule has 0 unspecified atom stereocenters. The molecule has 0 bridgehead atoms. The number of aliphatic hydroxyl groups is 3. The van der Waals surface area contributed by atoms with Crippen LogP contribution in [0.4, 0.5) is 0 Å². The van der Waals surface area contributed by atoms with Crippen molar-refractivity contribution in [2.24, 2.45) is 11.8 Å². The quantitative estimate of drug-likeness (QED) is 0.186. The van der Waals surface area contributed by atoms with Crippen molar-refractivity contribution in [2.75, 3.05) is 0 Å². The second-order valence-electron chi connectivity index (χ2n) is 10.3. The van der Waals surface area contributed by atoms with E-state index in [0.717, 1.165) is 19.3 Å². The molecule has 5 atom stereocenters. The third-order valence-electron chi connectivity index (χ3n) is 6.95. The van der Waals surface area contributed by atoms with E-state index in [-0.39, 0.29) is 23.9 Å². The fourth-order valence-corrected chi connectivity index (χ4v) is 4.93. The van der Waals surface area contributed by atoms with Gasteiger partial charge in [0, 0.05) is 18.8 Å². The summed E-state index contributed by atoms with van der Waals surface area (Å²) in [4.78, 5) is 11.6. The first kappa shape index (κ1) is 28.8. The van der Waals surface area contributed by atoms with Crippen molar-refractivity contribution in [1.29, 1.82) is 0 Å².